The molecule has 18 heavy (non-hydrogen) atoms. The van der Waals surface area contributed by atoms with Crippen molar-refractivity contribution in [2.45, 2.75) is 31.1 Å². The first-order chi connectivity index (χ1) is 8.72. The molecular formula is C15H20N2S. The van der Waals surface area contributed by atoms with Crippen LogP contribution in [0.1, 0.15) is 24.0 Å². The molecule has 0 amide bonds. The second-order valence-electron chi connectivity index (χ2n) is 5.03. The first kappa shape index (κ1) is 13.5. The fourth-order valence-electron chi connectivity index (χ4n) is 2.24. The molecule has 1 aromatic rings. The van der Waals surface area contributed by atoms with Gasteiger partial charge < -0.3 is 5.32 Å². The van der Waals surface area contributed by atoms with Gasteiger partial charge in [0.2, 0.25) is 0 Å². The van der Waals surface area contributed by atoms with Gasteiger partial charge in [-0.1, -0.05) is 24.3 Å². The Morgan fingerprint density at radius 2 is 2.17 bits per heavy atom. The van der Waals surface area contributed by atoms with Gasteiger partial charge in [0.15, 0.2) is 0 Å². The highest BCUT2D eigenvalue weighted by Crippen LogP contribution is 2.41. The molecule has 0 radical (unpaired) electrons. The van der Waals surface area contributed by atoms with Crippen LogP contribution in [0.25, 0.3) is 0 Å². The van der Waals surface area contributed by atoms with Crippen LogP contribution < -0.4 is 5.32 Å². The third-order valence-electron chi connectivity index (χ3n) is 3.77. The Morgan fingerprint density at radius 1 is 1.44 bits per heavy atom. The third-order valence-corrected chi connectivity index (χ3v) is 4.94. The minimum Gasteiger partial charge on any atom is -0.302 e. The first-order valence-corrected chi connectivity index (χ1v) is 7.60. The van der Waals surface area contributed by atoms with E-state index in [0.29, 0.717) is 5.92 Å². The maximum atomic E-state index is 9.41. The molecular weight excluding hydrogens is 240 g/mol. The largest absolute Gasteiger partial charge is 0.302 e. The average molecular weight is 260 g/mol. The molecule has 0 heterocycles. The van der Waals surface area contributed by atoms with Crippen molar-refractivity contribution in [2.75, 3.05) is 12.8 Å². The number of hydrogen-bond acceptors (Lipinski definition) is 3. The lowest BCUT2D eigenvalue weighted by Crippen LogP contribution is -2.46. The second kappa shape index (κ2) is 5.77. The molecule has 96 valence electrons. The molecule has 1 fully saturated rings. The van der Waals surface area contributed by atoms with Crippen LogP contribution in [0.2, 0.25) is 0 Å². The summed E-state index contributed by atoms with van der Waals surface area (Å²) in [6.07, 6.45) is 2.39. The lowest BCUT2D eigenvalue weighted by molar-refractivity contribution is 0.441. The lowest BCUT2D eigenvalue weighted by Gasteiger charge is -2.25. The van der Waals surface area contributed by atoms with E-state index < -0.39 is 0 Å². The SMILES string of the molecule is CNC(C#N)(CSCc1ccccc1C)C1CC1. The molecule has 1 N–H and O–H groups in total. The molecule has 2 rings (SSSR count). The summed E-state index contributed by atoms with van der Waals surface area (Å²) in [5.74, 6) is 2.42. The van der Waals surface area contributed by atoms with E-state index in [-0.39, 0.29) is 5.54 Å². The summed E-state index contributed by atoms with van der Waals surface area (Å²) < 4.78 is 0. The van der Waals surface area contributed by atoms with Gasteiger partial charge in [0.25, 0.3) is 0 Å². The average Bonchev–Trinajstić information content (AvgIpc) is 3.22. The first-order valence-electron chi connectivity index (χ1n) is 6.44. The maximum Gasteiger partial charge on any atom is 0.118 e. The van der Waals surface area contributed by atoms with Gasteiger partial charge in [0.05, 0.1) is 6.07 Å². The van der Waals surface area contributed by atoms with Gasteiger partial charge in [-0.2, -0.15) is 17.0 Å². The molecule has 2 nitrogen and oxygen atoms in total. The Morgan fingerprint density at radius 3 is 2.72 bits per heavy atom. The van der Waals surface area contributed by atoms with E-state index in [9.17, 15) is 5.26 Å². The summed E-state index contributed by atoms with van der Waals surface area (Å²) in [4.78, 5) is 0. The monoisotopic (exact) mass is 260 g/mol. The van der Waals surface area contributed by atoms with E-state index >= 15 is 0 Å². The maximum absolute atomic E-state index is 9.41. The zero-order chi connectivity index (χ0) is 13.0. The van der Waals surface area contributed by atoms with Crippen molar-refractivity contribution >= 4 is 11.8 Å². The highest BCUT2D eigenvalue weighted by molar-refractivity contribution is 7.98. The fraction of sp³-hybridized carbons (Fsp3) is 0.533. The van der Waals surface area contributed by atoms with E-state index in [1.807, 2.05) is 18.8 Å². The predicted octanol–water partition coefficient (Wildman–Crippen LogP) is 3.12. The van der Waals surface area contributed by atoms with Crippen LogP contribution in [-0.2, 0) is 5.75 Å². The van der Waals surface area contributed by atoms with Crippen LogP contribution in [-0.4, -0.2) is 18.3 Å². The quantitative estimate of drug-likeness (QED) is 0.853. The number of nitrogens with one attached hydrogen (secondary N) is 1. The third kappa shape index (κ3) is 2.88. The minimum atomic E-state index is -0.312. The van der Waals surface area contributed by atoms with Gasteiger partial charge in [-0.15, -0.1) is 0 Å². The number of benzene rings is 1. The van der Waals surface area contributed by atoms with Crippen LogP contribution in [0.15, 0.2) is 24.3 Å². The predicted molar refractivity (Wildman–Crippen MR) is 77.5 cm³/mol. The van der Waals surface area contributed by atoms with Crippen molar-refractivity contribution in [3.05, 3.63) is 35.4 Å². The van der Waals surface area contributed by atoms with Crippen molar-refractivity contribution in [1.82, 2.24) is 5.32 Å². The summed E-state index contributed by atoms with van der Waals surface area (Å²) in [7, 11) is 1.91. The van der Waals surface area contributed by atoms with E-state index in [1.165, 1.54) is 24.0 Å². The van der Waals surface area contributed by atoms with E-state index in [0.717, 1.165) is 11.5 Å². The molecule has 0 spiro atoms. The number of aryl methyl sites for hydroxylation is 1. The van der Waals surface area contributed by atoms with Crippen LogP contribution in [0.5, 0.6) is 0 Å². The Bertz CT molecular complexity index is 448. The van der Waals surface area contributed by atoms with Gasteiger partial charge in [-0.3, -0.25) is 0 Å². The van der Waals surface area contributed by atoms with Crippen LogP contribution in [0, 0.1) is 24.2 Å². The van der Waals surface area contributed by atoms with Crippen molar-refractivity contribution in [3.8, 4) is 6.07 Å². The Labute approximate surface area is 114 Å². The normalized spacial score (nSPS) is 18.1. The van der Waals surface area contributed by atoms with Crippen molar-refractivity contribution in [3.63, 3.8) is 0 Å². The number of thioether (sulfide) groups is 1. The van der Waals surface area contributed by atoms with Crippen LogP contribution in [0.3, 0.4) is 0 Å². The molecule has 0 saturated heterocycles. The number of nitriles is 1. The minimum absolute atomic E-state index is 0.312. The fourth-order valence-corrected chi connectivity index (χ4v) is 3.66. The summed E-state index contributed by atoms with van der Waals surface area (Å²) in [6.45, 7) is 2.15. The second-order valence-corrected chi connectivity index (χ2v) is 6.01. The molecule has 1 saturated carbocycles. The Kier molecular flexibility index (Phi) is 4.31. The summed E-state index contributed by atoms with van der Waals surface area (Å²) in [5.41, 5.74) is 2.40. The van der Waals surface area contributed by atoms with Crippen LogP contribution in [0.4, 0.5) is 0 Å². The topological polar surface area (TPSA) is 35.8 Å². The Hall–Kier alpha value is -0.980. The van der Waals surface area contributed by atoms with Crippen molar-refractivity contribution < 1.29 is 0 Å². The van der Waals surface area contributed by atoms with Gasteiger partial charge in [0.1, 0.15) is 5.54 Å². The summed E-state index contributed by atoms with van der Waals surface area (Å²) in [6, 6.07) is 11.0. The van der Waals surface area contributed by atoms with E-state index in [4.69, 9.17) is 0 Å². The smallest absolute Gasteiger partial charge is 0.118 e. The number of hydrogen-bond donors (Lipinski definition) is 1. The van der Waals surface area contributed by atoms with Crippen LogP contribution >= 0.6 is 11.8 Å². The molecule has 1 atom stereocenters. The molecule has 0 aliphatic heterocycles. The van der Waals surface area contributed by atoms with Gasteiger partial charge >= 0.3 is 0 Å². The molecule has 1 aromatic carbocycles. The molecule has 1 aliphatic carbocycles. The molecule has 0 aromatic heterocycles. The Balaban J connectivity index is 1.92. The molecule has 0 bridgehead atoms. The highest BCUT2D eigenvalue weighted by atomic mass is 32.2. The highest BCUT2D eigenvalue weighted by Gasteiger charge is 2.44. The van der Waals surface area contributed by atoms with Gasteiger partial charge in [-0.05, 0) is 43.9 Å². The molecule has 1 aliphatic rings. The zero-order valence-corrected chi connectivity index (χ0v) is 11.9. The zero-order valence-electron chi connectivity index (χ0n) is 11.1. The summed E-state index contributed by atoms with van der Waals surface area (Å²) in [5, 5.41) is 12.7. The lowest BCUT2D eigenvalue weighted by atomic mass is 9.98. The molecule has 3 heteroatoms. The van der Waals surface area contributed by atoms with Gasteiger partial charge in [-0.25, -0.2) is 0 Å². The standard InChI is InChI=1S/C15H20N2S/c1-12-5-3-4-6-13(12)9-18-11-15(10-16,17-2)14-7-8-14/h3-6,14,17H,7-9,11H2,1-2H3. The number of nitrogens with zero attached hydrogens (tertiary/aromatic N) is 1. The van der Waals surface area contributed by atoms with Gasteiger partial charge in [0, 0.05) is 11.5 Å². The molecule has 1 unspecified atom stereocenters. The van der Waals surface area contributed by atoms with E-state index in [1.54, 1.807) is 0 Å². The van der Waals surface area contributed by atoms with E-state index in [2.05, 4.69) is 42.6 Å². The van der Waals surface area contributed by atoms with Crippen molar-refractivity contribution in [1.29, 1.82) is 5.26 Å². The summed E-state index contributed by atoms with van der Waals surface area (Å²) >= 11 is 1.86. The number of rotatable bonds is 6. The van der Waals surface area contributed by atoms with Crippen molar-refractivity contribution in [2.24, 2.45) is 5.92 Å².